The van der Waals surface area contributed by atoms with Crippen LogP contribution in [0.1, 0.15) is 69.4 Å². The molecule has 1 aliphatic carbocycles. The summed E-state index contributed by atoms with van der Waals surface area (Å²) in [7, 11) is 3.68. The van der Waals surface area contributed by atoms with Crippen LogP contribution in [0.25, 0.3) is 0 Å². The Morgan fingerprint density at radius 1 is 1.10 bits per heavy atom. The van der Waals surface area contributed by atoms with Crippen molar-refractivity contribution in [1.82, 2.24) is 24.9 Å². The van der Waals surface area contributed by atoms with Gasteiger partial charge in [-0.3, -0.25) is 19.2 Å². The minimum atomic E-state index is -0.233. The highest BCUT2D eigenvalue weighted by atomic mass is 16.2. The first-order chi connectivity index (χ1) is 14.0. The highest BCUT2D eigenvalue weighted by Gasteiger charge is 2.40. The van der Waals surface area contributed by atoms with Gasteiger partial charge < -0.3 is 10.2 Å². The molecule has 3 unspecified atom stereocenters. The van der Waals surface area contributed by atoms with Crippen LogP contribution in [-0.4, -0.2) is 63.6 Å². The third-order valence-corrected chi connectivity index (χ3v) is 7.15. The van der Waals surface area contributed by atoms with Crippen LogP contribution in [0.2, 0.25) is 0 Å². The lowest BCUT2D eigenvalue weighted by atomic mass is 9.84. The van der Waals surface area contributed by atoms with Gasteiger partial charge in [0.15, 0.2) is 0 Å². The standard InChI is InChI=1S/C22H35N5O2/c1-25-14-16(13-23-25)21-19(10-11-20(28)26(21)2)22(29)24-17-7-6-12-27(15-17)18-8-4-3-5-9-18/h13-14,17-19,21H,3-12,15H2,1-2H3,(H,24,29). The van der Waals surface area contributed by atoms with Gasteiger partial charge in [0.05, 0.1) is 18.2 Å². The smallest absolute Gasteiger partial charge is 0.225 e. The van der Waals surface area contributed by atoms with Gasteiger partial charge in [-0.25, -0.2) is 0 Å². The number of piperidine rings is 2. The van der Waals surface area contributed by atoms with E-state index >= 15 is 0 Å². The topological polar surface area (TPSA) is 70.5 Å². The summed E-state index contributed by atoms with van der Waals surface area (Å²) in [5, 5.41) is 7.62. The molecule has 3 atom stereocenters. The number of nitrogens with one attached hydrogen (secondary N) is 1. The summed E-state index contributed by atoms with van der Waals surface area (Å²) in [6, 6.07) is 0.684. The van der Waals surface area contributed by atoms with Crippen LogP contribution < -0.4 is 5.32 Å². The molecule has 7 heteroatoms. The average molecular weight is 402 g/mol. The largest absolute Gasteiger partial charge is 0.352 e. The van der Waals surface area contributed by atoms with E-state index in [1.54, 1.807) is 15.8 Å². The summed E-state index contributed by atoms with van der Waals surface area (Å²) >= 11 is 0. The fourth-order valence-electron chi connectivity index (χ4n) is 5.57. The molecule has 3 aliphatic rings. The summed E-state index contributed by atoms with van der Waals surface area (Å²) in [4.78, 5) is 30.0. The Morgan fingerprint density at radius 2 is 1.90 bits per heavy atom. The van der Waals surface area contributed by atoms with Crippen molar-refractivity contribution in [3.8, 4) is 0 Å². The number of nitrogens with zero attached hydrogens (tertiary/aromatic N) is 4. The van der Waals surface area contributed by atoms with Crippen LogP contribution >= 0.6 is 0 Å². The third kappa shape index (κ3) is 4.49. The number of carbonyl (C=O) groups is 2. The molecule has 0 aromatic carbocycles. The second kappa shape index (κ2) is 8.86. The summed E-state index contributed by atoms with van der Waals surface area (Å²) in [6.07, 6.45) is 13.6. The first-order valence-corrected chi connectivity index (χ1v) is 11.3. The number of likely N-dealkylation sites (tertiary alicyclic amines) is 2. The fraction of sp³-hybridized carbons (Fsp3) is 0.773. The van der Waals surface area contributed by atoms with Gasteiger partial charge in [-0.05, 0) is 38.6 Å². The number of hydrogen-bond donors (Lipinski definition) is 1. The Morgan fingerprint density at radius 3 is 2.62 bits per heavy atom. The normalized spacial score (nSPS) is 29.8. The number of aryl methyl sites for hydroxylation is 1. The maximum atomic E-state index is 13.3. The van der Waals surface area contributed by atoms with E-state index in [9.17, 15) is 9.59 Å². The Labute approximate surface area is 173 Å². The molecule has 3 heterocycles. The molecule has 1 aromatic rings. The van der Waals surface area contributed by atoms with Crippen molar-refractivity contribution in [2.24, 2.45) is 13.0 Å². The molecule has 7 nitrogen and oxygen atoms in total. The van der Waals surface area contributed by atoms with E-state index in [0.717, 1.165) is 31.5 Å². The van der Waals surface area contributed by atoms with Crippen molar-refractivity contribution >= 4 is 11.8 Å². The second-order valence-corrected chi connectivity index (χ2v) is 9.18. The first kappa shape index (κ1) is 20.4. The molecule has 1 aromatic heterocycles. The van der Waals surface area contributed by atoms with Crippen LogP contribution in [0.4, 0.5) is 0 Å². The summed E-state index contributed by atoms with van der Waals surface area (Å²) in [5.41, 5.74) is 0.940. The van der Waals surface area contributed by atoms with Gasteiger partial charge in [0.2, 0.25) is 11.8 Å². The molecule has 0 bridgehead atoms. The Kier molecular flexibility index (Phi) is 6.23. The Hall–Kier alpha value is -1.89. The molecule has 29 heavy (non-hydrogen) atoms. The van der Waals surface area contributed by atoms with Crippen molar-refractivity contribution in [2.45, 2.75) is 75.9 Å². The molecule has 1 N–H and O–H groups in total. The van der Waals surface area contributed by atoms with Crippen LogP contribution in [0.15, 0.2) is 12.4 Å². The predicted octanol–water partition coefficient (Wildman–Crippen LogP) is 2.24. The third-order valence-electron chi connectivity index (χ3n) is 7.15. The molecule has 2 saturated heterocycles. The monoisotopic (exact) mass is 401 g/mol. The Bertz CT molecular complexity index is 727. The van der Waals surface area contributed by atoms with Crippen molar-refractivity contribution in [3.63, 3.8) is 0 Å². The van der Waals surface area contributed by atoms with Gasteiger partial charge in [0, 0.05) is 50.9 Å². The van der Waals surface area contributed by atoms with Crippen LogP contribution in [0, 0.1) is 5.92 Å². The predicted molar refractivity (Wildman–Crippen MR) is 111 cm³/mol. The van der Waals surface area contributed by atoms with Gasteiger partial charge in [0.1, 0.15) is 0 Å². The van der Waals surface area contributed by atoms with E-state index in [-0.39, 0.29) is 29.8 Å². The van der Waals surface area contributed by atoms with Crippen molar-refractivity contribution in [3.05, 3.63) is 18.0 Å². The van der Waals surface area contributed by atoms with Gasteiger partial charge in [0.25, 0.3) is 0 Å². The summed E-state index contributed by atoms with van der Waals surface area (Å²) in [6.45, 7) is 2.13. The summed E-state index contributed by atoms with van der Waals surface area (Å²) < 4.78 is 1.74. The zero-order valence-electron chi connectivity index (χ0n) is 17.8. The minimum Gasteiger partial charge on any atom is -0.352 e. The molecule has 1 saturated carbocycles. The van der Waals surface area contributed by atoms with Crippen molar-refractivity contribution in [2.75, 3.05) is 20.1 Å². The maximum absolute atomic E-state index is 13.3. The Balaban J connectivity index is 1.42. The van der Waals surface area contributed by atoms with Gasteiger partial charge >= 0.3 is 0 Å². The number of aromatic nitrogens is 2. The highest BCUT2D eigenvalue weighted by Crippen LogP contribution is 2.36. The molecule has 0 spiro atoms. The number of rotatable bonds is 4. The quantitative estimate of drug-likeness (QED) is 0.840. The van der Waals surface area contributed by atoms with Crippen LogP contribution in [0.5, 0.6) is 0 Å². The zero-order chi connectivity index (χ0) is 20.4. The second-order valence-electron chi connectivity index (χ2n) is 9.18. The molecule has 0 radical (unpaired) electrons. The average Bonchev–Trinajstić information content (AvgIpc) is 3.16. The number of carbonyl (C=O) groups excluding carboxylic acids is 2. The number of hydrogen-bond acceptors (Lipinski definition) is 4. The van der Waals surface area contributed by atoms with E-state index in [1.807, 2.05) is 20.3 Å². The zero-order valence-corrected chi connectivity index (χ0v) is 17.8. The van der Waals surface area contributed by atoms with Gasteiger partial charge in [-0.1, -0.05) is 19.3 Å². The van der Waals surface area contributed by atoms with Crippen LogP contribution in [-0.2, 0) is 16.6 Å². The fourth-order valence-corrected chi connectivity index (χ4v) is 5.57. The lowest BCUT2D eigenvalue weighted by molar-refractivity contribution is -0.142. The lowest BCUT2D eigenvalue weighted by Crippen LogP contribution is -2.54. The molecule has 2 aliphatic heterocycles. The van der Waals surface area contributed by atoms with E-state index in [0.29, 0.717) is 18.9 Å². The summed E-state index contributed by atoms with van der Waals surface area (Å²) in [5.74, 6) is -0.0234. The van der Waals surface area contributed by atoms with E-state index in [2.05, 4.69) is 15.3 Å². The SMILES string of the molecule is CN1C(=O)CCC(C(=O)NC2CCCN(C3CCCCC3)C2)C1c1cnn(C)c1. The van der Waals surface area contributed by atoms with E-state index < -0.39 is 0 Å². The van der Waals surface area contributed by atoms with E-state index in [4.69, 9.17) is 0 Å². The van der Waals surface area contributed by atoms with Gasteiger partial charge in [-0.15, -0.1) is 0 Å². The highest BCUT2D eigenvalue weighted by molar-refractivity contribution is 5.85. The lowest BCUT2D eigenvalue weighted by Gasteiger charge is -2.42. The van der Waals surface area contributed by atoms with Crippen LogP contribution in [0.3, 0.4) is 0 Å². The van der Waals surface area contributed by atoms with Gasteiger partial charge in [-0.2, -0.15) is 5.10 Å². The molecule has 160 valence electrons. The molecular weight excluding hydrogens is 366 g/mol. The molecule has 2 amide bonds. The maximum Gasteiger partial charge on any atom is 0.225 e. The molecule has 3 fully saturated rings. The van der Waals surface area contributed by atoms with E-state index in [1.165, 1.54) is 32.1 Å². The number of amides is 2. The minimum absolute atomic E-state index is 0.0914. The molecule has 4 rings (SSSR count). The molecular formula is C22H35N5O2. The van der Waals surface area contributed by atoms with Crippen molar-refractivity contribution in [1.29, 1.82) is 0 Å². The van der Waals surface area contributed by atoms with Crippen molar-refractivity contribution < 1.29 is 9.59 Å². The first-order valence-electron chi connectivity index (χ1n) is 11.3.